The summed E-state index contributed by atoms with van der Waals surface area (Å²) in [5, 5.41) is 3.47. The van der Waals surface area contributed by atoms with E-state index in [0.29, 0.717) is 6.54 Å². The Labute approximate surface area is 102 Å². The van der Waals surface area contributed by atoms with Crippen molar-refractivity contribution >= 4 is 32.8 Å². The smallest absolute Gasteiger partial charge is 0.0429 e. The van der Waals surface area contributed by atoms with Gasteiger partial charge in [0.2, 0.25) is 0 Å². The van der Waals surface area contributed by atoms with Gasteiger partial charge in [0, 0.05) is 26.6 Å². The van der Waals surface area contributed by atoms with E-state index in [2.05, 4.69) is 41.8 Å². The van der Waals surface area contributed by atoms with Crippen LogP contribution in [0.1, 0.15) is 4.88 Å². The predicted octanol–water partition coefficient (Wildman–Crippen LogP) is 4.09. The summed E-state index contributed by atoms with van der Waals surface area (Å²) in [6, 6.07) is 12.9. The van der Waals surface area contributed by atoms with Gasteiger partial charge < -0.3 is 5.73 Å². The number of benzene rings is 1. The molecule has 0 aliphatic heterocycles. The summed E-state index contributed by atoms with van der Waals surface area (Å²) in [4.78, 5) is 2.55. The second kappa shape index (κ2) is 4.01. The zero-order valence-corrected chi connectivity index (χ0v) is 10.3. The molecule has 0 atom stereocenters. The van der Waals surface area contributed by atoms with E-state index in [4.69, 9.17) is 5.73 Å². The summed E-state index contributed by atoms with van der Waals surface area (Å²) in [7, 11) is 0. The molecule has 3 heteroatoms. The van der Waals surface area contributed by atoms with Crippen molar-refractivity contribution in [2.45, 2.75) is 6.54 Å². The van der Waals surface area contributed by atoms with E-state index in [9.17, 15) is 0 Å². The predicted molar refractivity (Wildman–Crippen MR) is 73.0 cm³/mol. The minimum Gasteiger partial charge on any atom is -0.326 e. The SMILES string of the molecule is NCc1ccc(-c2cccc3ccsc23)s1. The van der Waals surface area contributed by atoms with Crippen molar-refractivity contribution in [3.63, 3.8) is 0 Å². The summed E-state index contributed by atoms with van der Waals surface area (Å²) >= 11 is 3.59. The third kappa shape index (κ3) is 1.57. The Kier molecular flexibility index (Phi) is 2.52. The minimum absolute atomic E-state index is 0.630. The highest BCUT2D eigenvalue weighted by molar-refractivity contribution is 7.19. The molecule has 0 bridgehead atoms. The maximum atomic E-state index is 5.65. The Balaban J connectivity index is 2.21. The Hall–Kier alpha value is -1.16. The van der Waals surface area contributed by atoms with Crippen LogP contribution < -0.4 is 5.73 Å². The van der Waals surface area contributed by atoms with Gasteiger partial charge in [-0.1, -0.05) is 18.2 Å². The molecule has 2 aromatic heterocycles. The fourth-order valence-electron chi connectivity index (χ4n) is 1.82. The zero-order valence-electron chi connectivity index (χ0n) is 8.64. The minimum atomic E-state index is 0.630. The Morgan fingerprint density at radius 1 is 1.06 bits per heavy atom. The molecule has 0 fully saturated rings. The molecule has 0 aliphatic carbocycles. The summed E-state index contributed by atoms with van der Waals surface area (Å²) < 4.78 is 1.37. The van der Waals surface area contributed by atoms with Crippen molar-refractivity contribution < 1.29 is 0 Å². The normalized spacial score (nSPS) is 11.1. The molecule has 0 unspecified atom stereocenters. The lowest BCUT2D eigenvalue weighted by atomic mass is 10.1. The van der Waals surface area contributed by atoms with Crippen LogP contribution in [0, 0.1) is 0 Å². The van der Waals surface area contributed by atoms with Gasteiger partial charge in [-0.3, -0.25) is 0 Å². The van der Waals surface area contributed by atoms with Crippen LogP contribution in [-0.2, 0) is 6.54 Å². The molecule has 0 saturated carbocycles. The number of nitrogens with two attached hydrogens (primary N) is 1. The van der Waals surface area contributed by atoms with Crippen LogP contribution in [0.15, 0.2) is 41.8 Å². The second-order valence-corrected chi connectivity index (χ2v) is 5.70. The maximum absolute atomic E-state index is 5.65. The summed E-state index contributed by atoms with van der Waals surface area (Å²) in [5.41, 5.74) is 6.98. The first-order chi connectivity index (χ1) is 7.88. The fraction of sp³-hybridized carbons (Fsp3) is 0.0769. The average molecular weight is 245 g/mol. The van der Waals surface area contributed by atoms with Gasteiger partial charge in [-0.15, -0.1) is 22.7 Å². The largest absolute Gasteiger partial charge is 0.326 e. The van der Waals surface area contributed by atoms with E-state index in [1.807, 2.05) is 0 Å². The first kappa shape index (κ1) is 10.0. The van der Waals surface area contributed by atoms with E-state index in [1.165, 1.54) is 25.4 Å². The van der Waals surface area contributed by atoms with Gasteiger partial charge >= 0.3 is 0 Å². The van der Waals surface area contributed by atoms with Crippen molar-refractivity contribution in [2.75, 3.05) is 0 Å². The van der Waals surface area contributed by atoms with Crippen LogP contribution in [0.5, 0.6) is 0 Å². The topological polar surface area (TPSA) is 26.0 Å². The highest BCUT2D eigenvalue weighted by atomic mass is 32.1. The van der Waals surface area contributed by atoms with E-state index in [0.717, 1.165) is 0 Å². The maximum Gasteiger partial charge on any atom is 0.0429 e. The van der Waals surface area contributed by atoms with Crippen LogP contribution in [0.2, 0.25) is 0 Å². The lowest BCUT2D eigenvalue weighted by molar-refractivity contribution is 1.11. The molecule has 2 N–H and O–H groups in total. The summed E-state index contributed by atoms with van der Waals surface area (Å²) in [5.74, 6) is 0. The molecule has 0 aliphatic rings. The molecule has 0 spiro atoms. The molecule has 0 amide bonds. The van der Waals surface area contributed by atoms with Crippen LogP contribution in [0.25, 0.3) is 20.5 Å². The number of hydrogen-bond donors (Lipinski definition) is 1. The van der Waals surface area contributed by atoms with Crippen molar-refractivity contribution in [1.82, 2.24) is 0 Å². The highest BCUT2D eigenvalue weighted by Gasteiger charge is 2.06. The third-order valence-electron chi connectivity index (χ3n) is 2.61. The highest BCUT2D eigenvalue weighted by Crippen LogP contribution is 2.36. The molecule has 1 aromatic carbocycles. The molecule has 16 heavy (non-hydrogen) atoms. The van der Waals surface area contributed by atoms with Gasteiger partial charge in [-0.2, -0.15) is 0 Å². The number of thiophene rings is 2. The molecule has 3 aromatic rings. The van der Waals surface area contributed by atoms with E-state index in [-0.39, 0.29) is 0 Å². The van der Waals surface area contributed by atoms with E-state index in [1.54, 1.807) is 22.7 Å². The molecule has 0 saturated heterocycles. The van der Waals surface area contributed by atoms with Crippen molar-refractivity contribution in [1.29, 1.82) is 0 Å². The van der Waals surface area contributed by atoms with Crippen molar-refractivity contribution in [3.8, 4) is 10.4 Å². The van der Waals surface area contributed by atoms with Gasteiger partial charge in [0.25, 0.3) is 0 Å². The molecule has 2 heterocycles. The molecule has 1 nitrogen and oxygen atoms in total. The van der Waals surface area contributed by atoms with Gasteiger partial charge in [0.1, 0.15) is 0 Å². The van der Waals surface area contributed by atoms with Crippen LogP contribution in [-0.4, -0.2) is 0 Å². The molecule has 80 valence electrons. The van der Waals surface area contributed by atoms with Crippen LogP contribution in [0.3, 0.4) is 0 Å². The van der Waals surface area contributed by atoms with Crippen molar-refractivity contribution in [2.24, 2.45) is 5.73 Å². The van der Waals surface area contributed by atoms with Crippen molar-refractivity contribution in [3.05, 3.63) is 46.7 Å². The number of rotatable bonds is 2. The monoisotopic (exact) mass is 245 g/mol. The lowest BCUT2D eigenvalue weighted by Gasteiger charge is -1.99. The van der Waals surface area contributed by atoms with Crippen LogP contribution in [0.4, 0.5) is 0 Å². The Bertz CT molecular complexity index is 621. The van der Waals surface area contributed by atoms with Gasteiger partial charge in [-0.05, 0) is 29.0 Å². The standard InChI is InChI=1S/C13H11NS2/c14-8-10-4-5-12(16-10)11-3-1-2-9-6-7-15-13(9)11/h1-7H,8,14H2. The molecule has 3 rings (SSSR count). The number of hydrogen-bond acceptors (Lipinski definition) is 3. The van der Waals surface area contributed by atoms with E-state index < -0.39 is 0 Å². The Morgan fingerprint density at radius 3 is 2.81 bits per heavy atom. The fourth-order valence-corrected chi connectivity index (χ4v) is 3.73. The zero-order chi connectivity index (χ0) is 11.0. The summed E-state index contributed by atoms with van der Waals surface area (Å²) in [6.45, 7) is 0.630. The van der Waals surface area contributed by atoms with E-state index >= 15 is 0 Å². The first-order valence-corrected chi connectivity index (χ1v) is 6.83. The van der Waals surface area contributed by atoms with Crippen LogP contribution >= 0.6 is 22.7 Å². The molecule has 0 radical (unpaired) electrons. The molecular formula is C13H11NS2. The lowest BCUT2D eigenvalue weighted by Crippen LogP contribution is -1.90. The molecular weight excluding hydrogens is 234 g/mol. The van der Waals surface area contributed by atoms with Gasteiger partial charge in [0.05, 0.1) is 0 Å². The average Bonchev–Trinajstić information content (AvgIpc) is 2.97. The summed E-state index contributed by atoms with van der Waals surface area (Å²) in [6.07, 6.45) is 0. The van der Waals surface area contributed by atoms with Gasteiger partial charge in [0.15, 0.2) is 0 Å². The first-order valence-electron chi connectivity index (χ1n) is 5.14. The Morgan fingerprint density at radius 2 is 2.00 bits per heavy atom. The second-order valence-electron chi connectivity index (χ2n) is 3.61. The third-order valence-corrected chi connectivity index (χ3v) is 4.71. The number of fused-ring (bicyclic) bond motifs is 1. The van der Waals surface area contributed by atoms with Gasteiger partial charge in [-0.25, -0.2) is 0 Å². The quantitative estimate of drug-likeness (QED) is 0.723.